The van der Waals surface area contributed by atoms with Crippen molar-refractivity contribution in [3.8, 4) is 5.75 Å². The summed E-state index contributed by atoms with van der Waals surface area (Å²) >= 11 is 0. The number of benzene rings is 1. The Balaban J connectivity index is 1.47. The van der Waals surface area contributed by atoms with Crippen LogP contribution < -0.4 is 10.1 Å². The number of para-hydroxylation sites is 1. The van der Waals surface area contributed by atoms with Crippen molar-refractivity contribution in [1.29, 1.82) is 0 Å². The minimum absolute atomic E-state index is 0.115. The molecule has 21 heavy (non-hydrogen) atoms. The predicted molar refractivity (Wildman–Crippen MR) is 79.1 cm³/mol. The lowest BCUT2D eigenvalue weighted by Crippen LogP contribution is -2.48. The zero-order valence-electron chi connectivity index (χ0n) is 12.1. The molecule has 0 bridgehead atoms. The first kappa shape index (κ1) is 14.4. The highest BCUT2D eigenvalue weighted by Gasteiger charge is 2.33. The molecule has 5 heteroatoms. The largest absolute Gasteiger partial charge is 0.490 e. The van der Waals surface area contributed by atoms with Crippen LogP contribution in [0.5, 0.6) is 5.75 Å². The molecular formula is C16H22N2O3. The van der Waals surface area contributed by atoms with E-state index in [1.165, 1.54) is 0 Å². The number of nitrogens with one attached hydrogen (secondary N) is 1. The molecule has 1 aromatic carbocycles. The highest BCUT2D eigenvalue weighted by atomic mass is 16.5. The van der Waals surface area contributed by atoms with E-state index in [-0.39, 0.29) is 18.1 Å². The Morgan fingerprint density at radius 3 is 2.57 bits per heavy atom. The fourth-order valence-electron chi connectivity index (χ4n) is 3.01. The highest BCUT2D eigenvalue weighted by molar-refractivity contribution is 5.82. The topological polar surface area (TPSA) is 61.8 Å². The number of piperidine rings is 1. The minimum Gasteiger partial charge on any atom is -0.490 e. The molecule has 2 heterocycles. The lowest BCUT2D eigenvalue weighted by Gasteiger charge is -2.33. The Bertz CT molecular complexity index is 472. The molecule has 0 saturated carbocycles. The third-order valence-corrected chi connectivity index (χ3v) is 4.21. The number of carbonyl (C=O) groups excluding carboxylic acids is 1. The van der Waals surface area contributed by atoms with Gasteiger partial charge in [-0.05, 0) is 18.6 Å². The van der Waals surface area contributed by atoms with Crippen molar-refractivity contribution in [2.75, 3.05) is 19.6 Å². The molecule has 2 aliphatic rings. The van der Waals surface area contributed by atoms with Crippen LogP contribution in [-0.2, 0) is 4.79 Å². The number of carbonyl (C=O) groups is 1. The van der Waals surface area contributed by atoms with Gasteiger partial charge in [0.1, 0.15) is 11.9 Å². The molecule has 1 amide bonds. The number of amides is 1. The summed E-state index contributed by atoms with van der Waals surface area (Å²) < 4.78 is 5.93. The van der Waals surface area contributed by atoms with E-state index in [1.807, 2.05) is 35.2 Å². The predicted octanol–water partition coefficient (Wildman–Crippen LogP) is 0.779. The summed E-state index contributed by atoms with van der Waals surface area (Å²) in [5.41, 5.74) is 0. The van der Waals surface area contributed by atoms with E-state index in [0.717, 1.165) is 31.7 Å². The van der Waals surface area contributed by atoms with Crippen LogP contribution >= 0.6 is 0 Å². The van der Waals surface area contributed by atoms with Crippen molar-refractivity contribution in [1.82, 2.24) is 10.2 Å². The average Bonchev–Trinajstić information content (AvgIpc) is 2.95. The van der Waals surface area contributed by atoms with Crippen molar-refractivity contribution in [2.45, 2.75) is 37.5 Å². The van der Waals surface area contributed by atoms with E-state index in [1.54, 1.807) is 0 Å². The van der Waals surface area contributed by atoms with Gasteiger partial charge in [0.05, 0.1) is 12.1 Å². The molecule has 2 N–H and O–H groups in total. The Kier molecular flexibility index (Phi) is 4.41. The monoisotopic (exact) mass is 290 g/mol. The maximum Gasteiger partial charge on any atom is 0.239 e. The zero-order valence-corrected chi connectivity index (χ0v) is 12.1. The number of ether oxygens (including phenoxy) is 1. The number of aliphatic hydroxyl groups is 1. The van der Waals surface area contributed by atoms with Crippen LogP contribution in [0.3, 0.4) is 0 Å². The molecule has 2 saturated heterocycles. The summed E-state index contributed by atoms with van der Waals surface area (Å²) in [6.07, 6.45) is 2.03. The Hall–Kier alpha value is -1.59. The van der Waals surface area contributed by atoms with E-state index < -0.39 is 6.10 Å². The normalized spacial score (nSPS) is 26.8. The third-order valence-electron chi connectivity index (χ3n) is 4.21. The molecule has 0 aliphatic carbocycles. The van der Waals surface area contributed by atoms with Crippen LogP contribution in [-0.4, -0.2) is 53.8 Å². The molecule has 114 valence electrons. The van der Waals surface area contributed by atoms with E-state index in [9.17, 15) is 9.90 Å². The Morgan fingerprint density at radius 1 is 1.24 bits per heavy atom. The van der Waals surface area contributed by atoms with Gasteiger partial charge >= 0.3 is 0 Å². The van der Waals surface area contributed by atoms with E-state index in [4.69, 9.17) is 4.74 Å². The number of hydrogen-bond acceptors (Lipinski definition) is 4. The van der Waals surface area contributed by atoms with E-state index >= 15 is 0 Å². The van der Waals surface area contributed by atoms with Gasteiger partial charge in [-0.15, -0.1) is 0 Å². The van der Waals surface area contributed by atoms with Crippen LogP contribution in [0.4, 0.5) is 0 Å². The molecule has 5 nitrogen and oxygen atoms in total. The molecular weight excluding hydrogens is 268 g/mol. The van der Waals surface area contributed by atoms with Crippen molar-refractivity contribution >= 4 is 5.91 Å². The van der Waals surface area contributed by atoms with Crippen molar-refractivity contribution < 1.29 is 14.6 Å². The van der Waals surface area contributed by atoms with Gasteiger partial charge < -0.3 is 20.1 Å². The second-order valence-electron chi connectivity index (χ2n) is 5.81. The molecule has 0 spiro atoms. The van der Waals surface area contributed by atoms with Gasteiger partial charge in [-0.25, -0.2) is 0 Å². The summed E-state index contributed by atoms with van der Waals surface area (Å²) in [5, 5.41) is 12.6. The van der Waals surface area contributed by atoms with Crippen molar-refractivity contribution in [2.24, 2.45) is 0 Å². The molecule has 2 atom stereocenters. The first-order valence-electron chi connectivity index (χ1n) is 7.64. The zero-order chi connectivity index (χ0) is 14.7. The van der Waals surface area contributed by atoms with Crippen LogP contribution in [0.2, 0.25) is 0 Å². The van der Waals surface area contributed by atoms with E-state index in [2.05, 4.69) is 5.32 Å². The van der Waals surface area contributed by atoms with Gasteiger partial charge in [-0.3, -0.25) is 4.79 Å². The molecule has 0 radical (unpaired) electrons. The molecule has 3 rings (SSSR count). The number of likely N-dealkylation sites (tertiary alicyclic amines) is 1. The standard InChI is InChI=1S/C16H22N2O3/c19-12-10-15(17-11-12)16(20)18-8-6-14(7-9-18)21-13-4-2-1-3-5-13/h1-5,12,14-15,17,19H,6-11H2. The number of β-amino-alcohol motifs (C(OH)–C–C–N with tert-alkyl or cyclic N) is 1. The van der Waals surface area contributed by atoms with E-state index in [0.29, 0.717) is 13.0 Å². The first-order chi connectivity index (χ1) is 10.2. The molecule has 2 aliphatic heterocycles. The molecule has 2 unspecified atom stereocenters. The maximum absolute atomic E-state index is 12.3. The van der Waals surface area contributed by atoms with Crippen LogP contribution in [0.15, 0.2) is 30.3 Å². The Morgan fingerprint density at radius 2 is 1.95 bits per heavy atom. The minimum atomic E-state index is -0.391. The fourth-order valence-corrected chi connectivity index (χ4v) is 3.01. The van der Waals surface area contributed by atoms with Gasteiger partial charge in [0, 0.05) is 32.5 Å². The summed E-state index contributed by atoms with van der Waals surface area (Å²) in [4.78, 5) is 14.2. The summed E-state index contributed by atoms with van der Waals surface area (Å²) in [6.45, 7) is 1.97. The second-order valence-corrected chi connectivity index (χ2v) is 5.81. The quantitative estimate of drug-likeness (QED) is 0.863. The van der Waals surface area contributed by atoms with Crippen LogP contribution in [0.1, 0.15) is 19.3 Å². The SMILES string of the molecule is O=C(C1CC(O)CN1)N1CCC(Oc2ccccc2)CC1. The smallest absolute Gasteiger partial charge is 0.239 e. The first-order valence-corrected chi connectivity index (χ1v) is 7.64. The number of hydrogen-bond donors (Lipinski definition) is 2. The van der Waals surface area contributed by atoms with Crippen LogP contribution in [0.25, 0.3) is 0 Å². The fraction of sp³-hybridized carbons (Fsp3) is 0.562. The van der Waals surface area contributed by atoms with Crippen molar-refractivity contribution in [3.05, 3.63) is 30.3 Å². The van der Waals surface area contributed by atoms with Gasteiger partial charge in [0.2, 0.25) is 5.91 Å². The second kappa shape index (κ2) is 6.45. The Labute approximate surface area is 124 Å². The number of nitrogens with zero attached hydrogens (tertiary/aromatic N) is 1. The summed E-state index contributed by atoms with van der Waals surface area (Å²) in [5.74, 6) is 1.01. The maximum atomic E-state index is 12.3. The molecule has 2 fully saturated rings. The lowest BCUT2D eigenvalue weighted by atomic mass is 10.1. The van der Waals surface area contributed by atoms with Crippen molar-refractivity contribution in [3.63, 3.8) is 0 Å². The molecule has 1 aromatic rings. The summed E-state index contributed by atoms with van der Waals surface area (Å²) in [7, 11) is 0. The third kappa shape index (κ3) is 3.54. The highest BCUT2D eigenvalue weighted by Crippen LogP contribution is 2.20. The average molecular weight is 290 g/mol. The van der Waals surface area contributed by atoms with Gasteiger partial charge in [-0.2, -0.15) is 0 Å². The van der Waals surface area contributed by atoms with Crippen LogP contribution in [0, 0.1) is 0 Å². The van der Waals surface area contributed by atoms with Gasteiger partial charge in [0.25, 0.3) is 0 Å². The van der Waals surface area contributed by atoms with Gasteiger partial charge in [-0.1, -0.05) is 18.2 Å². The summed E-state index contributed by atoms with van der Waals surface area (Å²) in [6, 6.07) is 9.60. The number of rotatable bonds is 3. The molecule has 0 aromatic heterocycles. The van der Waals surface area contributed by atoms with Gasteiger partial charge in [0.15, 0.2) is 0 Å². The number of aliphatic hydroxyl groups excluding tert-OH is 1. The lowest BCUT2D eigenvalue weighted by molar-refractivity contribution is -0.135.